The second-order valence-electron chi connectivity index (χ2n) is 13.5. The number of fused-ring (bicyclic) bond motifs is 1. The molecule has 0 spiro atoms. The van der Waals surface area contributed by atoms with Gasteiger partial charge in [-0.05, 0) is 75.2 Å². The van der Waals surface area contributed by atoms with E-state index < -0.39 is 68.0 Å². The Kier molecular flexibility index (Phi) is 9.70. The first-order valence-electron chi connectivity index (χ1n) is 16.4. The first kappa shape index (κ1) is 37.3. The van der Waals surface area contributed by atoms with E-state index in [1.807, 2.05) is 0 Å². The normalized spacial score (nSPS) is 14.8. The van der Waals surface area contributed by atoms with Gasteiger partial charge in [0.15, 0.2) is 17.1 Å². The molecule has 1 aliphatic rings. The number of methoxy groups -OCH3 is 2. The van der Waals surface area contributed by atoms with Gasteiger partial charge in [0.1, 0.15) is 27.8 Å². The lowest BCUT2D eigenvalue weighted by atomic mass is 9.83. The van der Waals surface area contributed by atoms with Crippen molar-refractivity contribution < 1.29 is 45.0 Å². The van der Waals surface area contributed by atoms with Crippen molar-refractivity contribution in [2.45, 2.75) is 56.4 Å². The molecule has 1 saturated heterocycles. The van der Waals surface area contributed by atoms with Crippen LogP contribution in [0.3, 0.4) is 0 Å². The number of pyridine rings is 1. The predicted molar refractivity (Wildman–Crippen MR) is 188 cm³/mol. The SMILES string of the molecule is COc1ccc(CN(c2cccc(F)n2)S(=O)(=O)c2ccc3c(oc(=O)n3C(C)c3ccccc3C3(F)CN(C(=O)OC(C)(C)C)C3)c2F)c(OC)c1. The molecule has 0 N–H and O–H groups in total. The first-order chi connectivity index (χ1) is 25.0. The van der Waals surface area contributed by atoms with E-state index in [2.05, 4.69) is 4.98 Å². The van der Waals surface area contributed by atoms with E-state index in [4.69, 9.17) is 18.6 Å². The molecule has 3 aromatic carbocycles. The molecule has 16 heteroatoms. The zero-order valence-corrected chi connectivity index (χ0v) is 30.5. The van der Waals surface area contributed by atoms with Gasteiger partial charge in [-0.1, -0.05) is 30.3 Å². The number of ether oxygens (including phenoxy) is 3. The van der Waals surface area contributed by atoms with Crippen molar-refractivity contribution in [1.29, 1.82) is 0 Å². The molecular formula is C37H37F3N4O8S. The average molecular weight is 755 g/mol. The van der Waals surface area contributed by atoms with Gasteiger partial charge < -0.3 is 23.5 Å². The maximum atomic E-state index is 16.4. The summed E-state index contributed by atoms with van der Waals surface area (Å²) in [7, 11) is -2.06. The minimum Gasteiger partial charge on any atom is -0.497 e. The third-order valence-electron chi connectivity index (χ3n) is 8.83. The summed E-state index contributed by atoms with van der Waals surface area (Å²) in [6, 6.07) is 15.8. The number of sulfonamides is 1. The molecule has 0 aliphatic carbocycles. The fraction of sp³-hybridized carbons (Fsp3) is 0.324. The molecule has 0 bridgehead atoms. The molecule has 280 valence electrons. The fourth-order valence-electron chi connectivity index (χ4n) is 6.29. The lowest BCUT2D eigenvalue weighted by Crippen LogP contribution is -2.60. The maximum Gasteiger partial charge on any atom is 0.420 e. The molecule has 12 nitrogen and oxygen atoms in total. The summed E-state index contributed by atoms with van der Waals surface area (Å²) in [5.41, 5.74) is -2.62. The van der Waals surface area contributed by atoms with Crippen LogP contribution in [-0.2, 0) is 27.0 Å². The van der Waals surface area contributed by atoms with Gasteiger partial charge in [-0.2, -0.15) is 4.39 Å². The molecule has 53 heavy (non-hydrogen) atoms. The molecule has 3 heterocycles. The number of carbonyl (C=O) groups is 1. The number of benzene rings is 3. The van der Waals surface area contributed by atoms with E-state index in [1.165, 1.54) is 49.5 Å². The van der Waals surface area contributed by atoms with Gasteiger partial charge in [-0.25, -0.2) is 36.1 Å². The van der Waals surface area contributed by atoms with Gasteiger partial charge in [0.05, 0.1) is 45.4 Å². The van der Waals surface area contributed by atoms with Crippen LogP contribution in [0.4, 0.5) is 23.8 Å². The highest BCUT2D eigenvalue weighted by molar-refractivity contribution is 7.92. The van der Waals surface area contributed by atoms with Crippen molar-refractivity contribution in [3.8, 4) is 11.5 Å². The molecule has 1 aliphatic heterocycles. The van der Waals surface area contributed by atoms with Crippen molar-refractivity contribution in [3.63, 3.8) is 0 Å². The van der Waals surface area contributed by atoms with E-state index in [0.717, 1.165) is 16.7 Å². The second kappa shape index (κ2) is 13.8. The van der Waals surface area contributed by atoms with E-state index in [-0.39, 0.29) is 35.7 Å². The molecule has 6 rings (SSSR count). The first-order valence-corrected chi connectivity index (χ1v) is 17.9. The van der Waals surface area contributed by atoms with Crippen molar-refractivity contribution in [1.82, 2.24) is 14.5 Å². The van der Waals surface area contributed by atoms with E-state index in [0.29, 0.717) is 21.2 Å². The van der Waals surface area contributed by atoms with Crippen LogP contribution >= 0.6 is 0 Å². The molecule has 0 radical (unpaired) electrons. The molecule has 1 amide bonds. The third-order valence-corrected chi connectivity index (χ3v) is 10.6. The Balaban J connectivity index is 1.38. The van der Waals surface area contributed by atoms with Gasteiger partial charge >= 0.3 is 11.8 Å². The molecule has 1 atom stereocenters. The minimum atomic E-state index is -4.87. The topological polar surface area (TPSA) is 133 Å². The largest absolute Gasteiger partial charge is 0.497 e. The second-order valence-corrected chi connectivity index (χ2v) is 15.4. The van der Waals surface area contributed by atoms with Gasteiger partial charge in [0, 0.05) is 11.6 Å². The minimum absolute atomic E-state index is 0.0992. The summed E-state index contributed by atoms with van der Waals surface area (Å²) in [4.78, 5) is 30.0. The fourth-order valence-corrected chi connectivity index (χ4v) is 7.74. The van der Waals surface area contributed by atoms with Crippen LogP contribution in [0.1, 0.15) is 50.4 Å². The predicted octanol–water partition coefficient (Wildman–Crippen LogP) is 6.71. The third kappa shape index (κ3) is 7.02. The number of hydrogen-bond donors (Lipinski definition) is 0. The number of amides is 1. The highest BCUT2D eigenvalue weighted by Crippen LogP contribution is 2.41. The van der Waals surface area contributed by atoms with E-state index in [9.17, 15) is 22.4 Å². The summed E-state index contributed by atoms with van der Waals surface area (Å²) in [6.45, 7) is 5.66. The Bertz CT molecular complexity index is 2370. The lowest BCUT2D eigenvalue weighted by Gasteiger charge is -2.45. The molecule has 2 aromatic heterocycles. The molecule has 5 aromatic rings. The molecule has 1 unspecified atom stereocenters. The number of carbonyl (C=O) groups excluding carboxylic acids is 1. The van der Waals surface area contributed by atoms with Crippen molar-refractivity contribution in [3.05, 3.63) is 112 Å². The van der Waals surface area contributed by atoms with Crippen LogP contribution in [0.5, 0.6) is 11.5 Å². The number of rotatable bonds is 10. The van der Waals surface area contributed by atoms with Crippen molar-refractivity contribution >= 4 is 33.0 Å². The molecule has 0 saturated carbocycles. The average Bonchev–Trinajstić information content (AvgIpc) is 3.44. The standard InChI is InChI=1S/C37H37F3N4O8S/c1-22(25-10-7-8-11-26(25)37(40)20-42(21-37)34(45)52-36(2,3)4)44-27-16-17-29(32(39)33(27)51-35(44)46)53(47,48)43(31-13-9-12-30(38)41-31)19-23-14-15-24(49-5)18-28(23)50-6/h7-18,22H,19-21H2,1-6H3. The van der Waals surface area contributed by atoms with Crippen LogP contribution in [0.15, 0.2) is 86.9 Å². The zero-order valence-electron chi connectivity index (χ0n) is 29.7. The molecule has 1 fully saturated rings. The number of nitrogens with zero attached hydrogens (tertiary/aromatic N) is 4. The number of likely N-dealkylation sites (tertiary alicyclic amines) is 1. The number of oxazole rings is 1. The number of alkyl halides is 1. The number of anilines is 1. The smallest absolute Gasteiger partial charge is 0.420 e. The number of halogens is 3. The zero-order chi connectivity index (χ0) is 38.5. The highest BCUT2D eigenvalue weighted by Gasteiger charge is 2.50. The van der Waals surface area contributed by atoms with Crippen LogP contribution < -0.4 is 19.5 Å². The van der Waals surface area contributed by atoms with E-state index in [1.54, 1.807) is 58.0 Å². The summed E-state index contributed by atoms with van der Waals surface area (Å²) in [6.07, 6.45) is -0.663. The van der Waals surface area contributed by atoms with Crippen LogP contribution in [0.25, 0.3) is 11.1 Å². The summed E-state index contributed by atoms with van der Waals surface area (Å²) >= 11 is 0. The van der Waals surface area contributed by atoms with Crippen LogP contribution in [0.2, 0.25) is 0 Å². The lowest BCUT2D eigenvalue weighted by molar-refractivity contribution is -0.0542. The Morgan fingerprint density at radius 2 is 1.74 bits per heavy atom. The van der Waals surface area contributed by atoms with Gasteiger partial charge in [-0.3, -0.25) is 4.57 Å². The van der Waals surface area contributed by atoms with Crippen molar-refractivity contribution in [2.75, 3.05) is 31.6 Å². The van der Waals surface area contributed by atoms with E-state index >= 15 is 8.78 Å². The summed E-state index contributed by atoms with van der Waals surface area (Å²) in [5, 5.41) is 0. The summed E-state index contributed by atoms with van der Waals surface area (Å²) in [5.74, 6) is -3.08. The Morgan fingerprint density at radius 1 is 1.02 bits per heavy atom. The summed E-state index contributed by atoms with van der Waals surface area (Å²) < 4.78 is 98.8. The van der Waals surface area contributed by atoms with Crippen LogP contribution in [0, 0.1) is 11.8 Å². The highest BCUT2D eigenvalue weighted by atomic mass is 32.2. The number of hydrogen-bond acceptors (Lipinski definition) is 9. The van der Waals surface area contributed by atoms with Crippen molar-refractivity contribution in [2.24, 2.45) is 0 Å². The van der Waals surface area contributed by atoms with Gasteiger partial charge in [0.25, 0.3) is 10.0 Å². The quantitative estimate of drug-likeness (QED) is 0.143. The Labute approximate surface area is 303 Å². The maximum absolute atomic E-state index is 16.4. The van der Waals surface area contributed by atoms with Crippen LogP contribution in [-0.4, -0.2) is 61.9 Å². The Morgan fingerprint density at radius 3 is 2.40 bits per heavy atom. The Hall–Kier alpha value is -5.51. The van der Waals surface area contributed by atoms with Gasteiger partial charge in [0.2, 0.25) is 5.95 Å². The number of aromatic nitrogens is 2. The van der Waals surface area contributed by atoms with Gasteiger partial charge in [-0.15, -0.1) is 0 Å². The molecular weight excluding hydrogens is 717 g/mol. The monoisotopic (exact) mass is 754 g/mol.